The Balaban J connectivity index is 0. The van der Waals surface area contributed by atoms with Crippen LogP contribution in [0.25, 0.3) is 0 Å². The van der Waals surface area contributed by atoms with Crippen LogP contribution >= 0.6 is 0 Å². The lowest BCUT2D eigenvalue weighted by Crippen LogP contribution is -2.30. The maximum Gasteiger partial charge on any atom is 0.303 e. The van der Waals surface area contributed by atoms with Crippen molar-refractivity contribution < 1.29 is 20.1 Å². The number of hydrogen-bond donors (Lipinski definition) is 3. The molecule has 46 heavy (non-hydrogen) atoms. The van der Waals surface area contributed by atoms with E-state index in [1.54, 1.807) is 0 Å². The third-order valence-electron chi connectivity index (χ3n) is 9.40. The first kappa shape index (κ1) is 47.5. The van der Waals surface area contributed by atoms with E-state index in [4.69, 9.17) is 15.3 Å². The molecule has 3 N–H and O–H groups in total. The average molecular weight is 656 g/mol. The van der Waals surface area contributed by atoms with Crippen LogP contribution in [0.15, 0.2) is 0 Å². The summed E-state index contributed by atoms with van der Waals surface area (Å²) in [4.78, 5) is 12.5. The van der Waals surface area contributed by atoms with Gasteiger partial charge in [-0.25, -0.2) is 0 Å². The molecular formula is C41H85NO4. The highest BCUT2D eigenvalue weighted by Crippen LogP contribution is 2.15. The molecule has 5 heteroatoms. The molecule has 5 nitrogen and oxygen atoms in total. The number of aliphatic carboxylic acids is 1. The quantitative estimate of drug-likeness (QED) is 0.0577. The molecule has 0 aromatic rings. The molecule has 0 unspecified atom stereocenters. The van der Waals surface area contributed by atoms with Gasteiger partial charge < -0.3 is 15.3 Å². The summed E-state index contributed by atoms with van der Waals surface area (Å²) in [5.41, 5.74) is 0. The minimum atomic E-state index is -0.651. The van der Waals surface area contributed by atoms with Crippen LogP contribution in [0.1, 0.15) is 226 Å². The fraction of sp³-hybridized carbons (Fsp3) is 0.976. The van der Waals surface area contributed by atoms with Gasteiger partial charge in [-0.1, -0.05) is 206 Å². The summed E-state index contributed by atoms with van der Waals surface area (Å²) in [6.07, 6.45) is 44.0. The summed E-state index contributed by atoms with van der Waals surface area (Å²) < 4.78 is 0. The molecule has 0 saturated carbocycles. The number of aliphatic hydroxyl groups is 2. The van der Waals surface area contributed by atoms with E-state index < -0.39 is 5.97 Å². The van der Waals surface area contributed by atoms with Gasteiger partial charge in [0.2, 0.25) is 0 Å². The van der Waals surface area contributed by atoms with E-state index in [0.29, 0.717) is 19.5 Å². The lowest BCUT2D eigenvalue weighted by molar-refractivity contribution is -0.137. The topological polar surface area (TPSA) is 81.0 Å². The fourth-order valence-corrected chi connectivity index (χ4v) is 6.33. The summed E-state index contributed by atoms with van der Waals surface area (Å²) >= 11 is 0. The highest BCUT2D eigenvalue weighted by atomic mass is 16.4. The van der Waals surface area contributed by atoms with Crippen LogP contribution < -0.4 is 0 Å². The van der Waals surface area contributed by atoms with Gasteiger partial charge in [0.15, 0.2) is 0 Å². The van der Waals surface area contributed by atoms with Gasteiger partial charge in [-0.3, -0.25) is 9.69 Å². The minimum Gasteiger partial charge on any atom is -0.481 e. The maximum absolute atomic E-state index is 10.4. The largest absolute Gasteiger partial charge is 0.481 e. The number of nitrogens with zero attached hydrogens (tertiary/aromatic N) is 1. The van der Waals surface area contributed by atoms with Crippen LogP contribution in [0.5, 0.6) is 0 Å². The van der Waals surface area contributed by atoms with Gasteiger partial charge in [-0.05, 0) is 19.4 Å². The number of aliphatic hydroxyl groups excluding tert-OH is 2. The Morgan fingerprint density at radius 2 is 0.609 bits per heavy atom. The van der Waals surface area contributed by atoms with Crippen LogP contribution in [-0.4, -0.2) is 59.0 Å². The maximum atomic E-state index is 10.4. The lowest BCUT2D eigenvalue weighted by atomic mass is 10.0. The number of unbranched alkanes of at least 4 members (excludes halogenated alkanes) is 30. The average Bonchev–Trinajstić information content (AvgIpc) is 3.04. The second kappa shape index (κ2) is 44.4. The van der Waals surface area contributed by atoms with Crippen LogP contribution in [0.3, 0.4) is 0 Å². The summed E-state index contributed by atoms with van der Waals surface area (Å²) in [5.74, 6) is -0.651. The van der Waals surface area contributed by atoms with Crippen molar-refractivity contribution in [2.45, 2.75) is 226 Å². The first-order valence-corrected chi connectivity index (χ1v) is 20.8. The predicted molar refractivity (Wildman–Crippen MR) is 202 cm³/mol. The molecule has 0 bridgehead atoms. The molecule has 0 heterocycles. The van der Waals surface area contributed by atoms with Gasteiger partial charge in [0, 0.05) is 19.5 Å². The number of carboxylic acids is 1. The van der Waals surface area contributed by atoms with Crippen molar-refractivity contribution in [3.05, 3.63) is 0 Å². The van der Waals surface area contributed by atoms with E-state index in [1.165, 1.54) is 193 Å². The molecule has 0 aliphatic carbocycles. The van der Waals surface area contributed by atoms with Crippen LogP contribution in [0.2, 0.25) is 0 Å². The van der Waals surface area contributed by atoms with Crippen molar-refractivity contribution in [3.63, 3.8) is 0 Å². The van der Waals surface area contributed by atoms with E-state index in [2.05, 4.69) is 18.7 Å². The Bertz CT molecular complexity index is 539. The molecule has 0 fully saturated rings. The highest BCUT2D eigenvalue weighted by molar-refractivity contribution is 5.66. The molecule has 0 aliphatic rings. The molecule has 0 rings (SSSR count). The lowest BCUT2D eigenvalue weighted by Gasteiger charge is -2.19. The smallest absolute Gasteiger partial charge is 0.303 e. The summed E-state index contributed by atoms with van der Waals surface area (Å²) in [5, 5.41) is 26.4. The second-order valence-electron chi connectivity index (χ2n) is 14.0. The first-order valence-electron chi connectivity index (χ1n) is 20.8. The van der Waals surface area contributed by atoms with Crippen molar-refractivity contribution in [3.8, 4) is 0 Å². The van der Waals surface area contributed by atoms with Crippen LogP contribution in [-0.2, 0) is 4.79 Å². The summed E-state index contributed by atoms with van der Waals surface area (Å²) in [7, 11) is 0. The standard InChI is InChI=1S/C22H44O2.C19H41NO2/c1-2-3-4-5-6-7-8-9-10-11-12-13-14-15-16-17-18-19-20-21-22(23)24;1-2-3-4-5-6-7-8-9-10-11-12-13-14-15-20(16-18-21)17-19-22/h2-21H2,1H3,(H,23,24);21-22H,2-19H2,1H3. The Morgan fingerprint density at radius 1 is 0.370 bits per heavy atom. The monoisotopic (exact) mass is 656 g/mol. The Labute approximate surface area is 289 Å². The number of carbonyl (C=O) groups is 1. The van der Waals surface area contributed by atoms with Crippen molar-refractivity contribution in [2.24, 2.45) is 0 Å². The Morgan fingerprint density at radius 3 is 0.848 bits per heavy atom. The van der Waals surface area contributed by atoms with Gasteiger partial charge in [-0.2, -0.15) is 0 Å². The summed E-state index contributed by atoms with van der Waals surface area (Å²) in [6.45, 7) is 7.34. The van der Waals surface area contributed by atoms with E-state index in [0.717, 1.165) is 19.4 Å². The van der Waals surface area contributed by atoms with Crippen molar-refractivity contribution in [1.29, 1.82) is 0 Å². The fourth-order valence-electron chi connectivity index (χ4n) is 6.33. The zero-order valence-electron chi connectivity index (χ0n) is 31.6. The molecule has 0 saturated heterocycles. The third-order valence-corrected chi connectivity index (χ3v) is 9.40. The molecule has 0 aliphatic heterocycles. The van der Waals surface area contributed by atoms with Crippen LogP contribution in [0.4, 0.5) is 0 Å². The van der Waals surface area contributed by atoms with Gasteiger partial charge >= 0.3 is 5.97 Å². The zero-order valence-corrected chi connectivity index (χ0v) is 31.6. The molecule has 0 aromatic carbocycles. The van der Waals surface area contributed by atoms with Crippen LogP contribution in [0, 0.1) is 0 Å². The number of carboxylic acid groups (broad SMARTS) is 1. The third kappa shape index (κ3) is 45.5. The number of rotatable bonds is 38. The van der Waals surface area contributed by atoms with Crippen molar-refractivity contribution in [2.75, 3.05) is 32.8 Å². The zero-order chi connectivity index (χ0) is 34.0. The number of hydrogen-bond acceptors (Lipinski definition) is 4. The highest BCUT2D eigenvalue weighted by Gasteiger charge is 2.03. The Kier molecular flexibility index (Phi) is 45.8. The Hall–Kier alpha value is -0.650. The van der Waals surface area contributed by atoms with E-state index in [9.17, 15) is 4.79 Å². The first-order chi connectivity index (χ1) is 22.6. The van der Waals surface area contributed by atoms with Gasteiger partial charge in [-0.15, -0.1) is 0 Å². The normalized spacial score (nSPS) is 11.2. The molecule has 278 valence electrons. The van der Waals surface area contributed by atoms with E-state index in [1.807, 2.05) is 0 Å². The predicted octanol–water partition coefficient (Wildman–Crippen LogP) is 12.3. The molecule has 0 amide bonds. The van der Waals surface area contributed by atoms with Crippen molar-refractivity contribution >= 4 is 5.97 Å². The summed E-state index contributed by atoms with van der Waals surface area (Å²) in [6, 6.07) is 0. The van der Waals surface area contributed by atoms with Gasteiger partial charge in [0.1, 0.15) is 0 Å². The molecular weight excluding hydrogens is 570 g/mol. The van der Waals surface area contributed by atoms with E-state index >= 15 is 0 Å². The minimum absolute atomic E-state index is 0.193. The molecule has 0 atom stereocenters. The van der Waals surface area contributed by atoms with Crippen molar-refractivity contribution in [1.82, 2.24) is 4.90 Å². The molecule has 0 radical (unpaired) electrons. The molecule has 0 aromatic heterocycles. The van der Waals surface area contributed by atoms with E-state index in [-0.39, 0.29) is 13.2 Å². The van der Waals surface area contributed by atoms with Gasteiger partial charge in [0.25, 0.3) is 0 Å². The SMILES string of the molecule is CCCCCCCCCCCCCCCCCCCCCC(=O)O.CCCCCCCCCCCCCCCN(CCO)CCO. The second-order valence-corrected chi connectivity index (χ2v) is 14.0. The van der Waals surface area contributed by atoms with Gasteiger partial charge in [0.05, 0.1) is 13.2 Å². The molecule has 0 spiro atoms.